The Balaban J connectivity index is 1.45. The Morgan fingerprint density at radius 3 is 2.57 bits per heavy atom. The number of hydrogen-bond donors (Lipinski definition) is 2. The van der Waals surface area contributed by atoms with Gasteiger partial charge in [0.25, 0.3) is 5.91 Å². The van der Waals surface area contributed by atoms with E-state index in [-0.39, 0.29) is 0 Å². The minimum atomic E-state index is -1.37. The normalized spacial score (nSPS) is 18.4. The van der Waals surface area contributed by atoms with Gasteiger partial charge in [-0.15, -0.1) is 0 Å². The number of aromatic nitrogens is 1. The lowest BCUT2D eigenvalue weighted by Gasteiger charge is -2.22. The predicted octanol–water partition coefficient (Wildman–Crippen LogP) is 3.35. The summed E-state index contributed by atoms with van der Waals surface area (Å²) in [5.41, 5.74) is 0.0319. The van der Waals surface area contributed by atoms with Gasteiger partial charge < -0.3 is 10.6 Å². The van der Waals surface area contributed by atoms with E-state index in [0.29, 0.717) is 10.7 Å². The van der Waals surface area contributed by atoms with Crippen molar-refractivity contribution in [3.63, 3.8) is 0 Å². The topological polar surface area (TPSA) is 91.4 Å². The van der Waals surface area contributed by atoms with Crippen LogP contribution in [-0.4, -0.2) is 34.3 Å². The SMILES string of the molecule is CC1(c2ccc(F)cc2)NC(=O)N(CC(=O)Nc2ncc(-c3ccccc3)s2)C1=O. The maximum Gasteiger partial charge on any atom is 0.325 e. The van der Waals surface area contributed by atoms with Crippen LogP contribution in [0.25, 0.3) is 10.4 Å². The summed E-state index contributed by atoms with van der Waals surface area (Å²) in [6, 6.07) is 14.2. The molecule has 1 atom stereocenters. The summed E-state index contributed by atoms with van der Waals surface area (Å²) in [6.45, 7) is 1.06. The maximum absolute atomic E-state index is 13.2. The van der Waals surface area contributed by atoms with E-state index in [0.717, 1.165) is 15.3 Å². The summed E-state index contributed by atoms with van der Waals surface area (Å²) in [6.07, 6.45) is 1.65. The van der Waals surface area contributed by atoms with Gasteiger partial charge in [0.15, 0.2) is 5.13 Å². The van der Waals surface area contributed by atoms with Crippen LogP contribution < -0.4 is 10.6 Å². The zero-order chi connectivity index (χ0) is 21.3. The van der Waals surface area contributed by atoms with Crippen molar-refractivity contribution in [2.75, 3.05) is 11.9 Å². The van der Waals surface area contributed by atoms with Gasteiger partial charge in [0, 0.05) is 6.20 Å². The standard InChI is InChI=1S/C21H17FN4O3S/c1-21(14-7-9-15(22)10-8-14)18(28)26(20(29)25-21)12-17(27)24-19-23-11-16(30-19)13-5-3-2-4-6-13/h2-11H,12H2,1H3,(H,25,29)(H,23,24,27). The average Bonchev–Trinajstić information content (AvgIpc) is 3.28. The molecule has 2 aromatic carbocycles. The Bertz CT molecular complexity index is 1120. The molecule has 1 aromatic heterocycles. The van der Waals surface area contributed by atoms with E-state index in [1.54, 1.807) is 6.20 Å². The van der Waals surface area contributed by atoms with E-state index in [1.165, 1.54) is 42.5 Å². The van der Waals surface area contributed by atoms with Gasteiger partial charge in [-0.2, -0.15) is 0 Å². The molecule has 0 radical (unpaired) electrons. The molecule has 1 aliphatic rings. The van der Waals surface area contributed by atoms with Crippen LogP contribution in [0.2, 0.25) is 0 Å². The highest BCUT2D eigenvalue weighted by atomic mass is 32.1. The molecule has 2 N–H and O–H groups in total. The van der Waals surface area contributed by atoms with Gasteiger partial charge in [0.2, 0.25) is 5.91 Å². The van der Waals surface area contributed by atoms with Gasteiger partial charge in [-0.05, 0) is 30.2 Å². The van der Waals surface area contributed by atoms with Crippen molar-refractivity contribution in [2.24, 2.45) is 0 Å². The molecular weight excluding hydrogens is 407 g/mol. The number of amides is 4. The van der Waals surface area contributed by atoms with Crippen molar-refractivity contribution in [3.8, 4) is 10.4 Å². The molecule has 1 saturated heterocycles. The lowest BCUT2D eigenvalue weighted by atomic mass is 9.92. The predicted molar refractivity (Wildman–Crippen MR) is 110 cm³/mol. The van der Waals surface area contributed by atoms with Gasteiger partial charge in [-0.1, -0.05) is 53.8 Å². The zero-order valence-electron chi connectivity index (χ0n) is 15.9. The number of halogens is 1. The number of carbonyl (C=O) groups is 3. The molecule has 0 bridgehead atoms. The quantitative estimate of drug-likeness (QED) is 0.615. The highest BCUT2D eigenvalue weighted by Gasteiger charge is 2.49. The molecule has 4 amide bonds. The van der Waals surface area contributed by atoms with Crippen LogP contribution in [-0.2, 0) is 15.1 Å². The molecule has 30 heavy (non-hydrogen) atoms. The summed E-state index contributed by atoms with van der Waals surface area (Å²) in [4.78, 5) is 43.5. The second-order valence-corrected chi connectivity index (χ2v) is 7.93. The van der Waals surface area contributed by atoms with Gasteiger partial charge in [0.05, 0.1) is 4.88 Å². The number of anilines is 1. The highest BCUT2D eigenvalue weighted by molar-refractivity contribution is 7.19. The van der Waals surface area contributed by atoms with Gasteiger partial charge >= 0.3 is 6.03 Å². The molecule has 7 nitrogen and oxygen atoms in total. The summed E-state index contributed by atoms with van der Waals surface area (Å²) in [5.74, 6) is -1.58. The molecule has 9 heteroatoms. The zero-order valence-corrected chi connectivity index (χ0v) is 16.7. The fraction of sp³-hybridized carbons (Fsp3) is 0.143. The molecule has 3 aromatic rings. The molecule has 1 aliphatic heterocycles. The van der Waals surface area contributed by atoms with Crippen LogP contribution in [0.15, 0.2) is 60.8 Å². The molecule has 0 saturated carbocycles. The first-order chi connectivity index (χ1) is 14.4. The van der Waals surface area contributed by atoms with Crippen LogP contribution in [0.5, 0.6) is 0 Å². The molecule has 0 aliphatic carbocycles. The summed E-state index contributed by atoms with van der Waals surface area (Å²) in [5, 5.41) is 5.57. The van der Waals surface area contributed by atoms with E-state index in [9.17, 15) is 18.8 Å². The van der Waals surface area contributed by atoms with E-state index in [1.807, 2.05) is 30.3 Å². The number of urea groups is 1. The van der Waals surface area contributed by atoms with Gasteiger partial charge in [-0.25, -0.2) is 14.2 Å². The van der Waals surface area contributed by atoms with Crippen LogP contribution >= 0.6 is 11.3 Å². The van der Waals surface area contributed by atoms with E-state index >= 15 is 0 Å². The molecular formula is C21H17FN4O3S. The van der Waals surface area contributed by atoms with Gasteiger partial charge in [0.1, 0.15) is 17.9 Å². The molecule has 4 rings (SSSR count). The smallest absolute Gasteiger partial charge is 0.319 e. The van der Waals surface area contributed by atoms with Crippen LogP contribution in [0.1, 0.15) is 12.5 Å². The van der Waals surface area contributed by atoms with Crippen molar-refractivity contribution in [1.29, 1.82) is 0 Å². The van der Waals surface area contributed by atoms with E-state index in [2.05, 4.69) is 15.6 Å². The van der Waals surface area contributed by atoms with Crippen LogP contribution in [0.3, 0.4) is 0 Å². The molecule has 0 spiro atoms. The van der Waals surface area contributed by atoms with E-state index in [4.69, 9.17) is 0 Å². The number of rotatable bonds is 5. The average molecular weight is 424 g/mol. The fourth-order valence-corrected chi connectivity index (χ4v) is 4.03. The summed E-state index contributed by atoms with van der Waals surface area (Å²) >= 11 is 1.29. The number of carbonyl (C=O) groups excluding carboxylic acids is 3. The minimum absolute atomic E-state index is 0.368. The maximum atomic E-state index is 13.2. The van der Waals surface area contributed by atoms with Gasteiger partial charge in [-0.3, -0.25) is 14.5 Å². The Morgan fingerprint density at radius 2 is 1.87 bits per heavy atom. The third-order valence-corrected chi connectivity index (χ3v) is 5.77. The Hall–Kier alpha value is -3.59. The van der Waals surface area contributed by atoms with Crippen molar-refractivity contribution in [2.45, 2.75) is 12.5 Å². The Labute approximate surface area is 175 Å². The van der Waals surface area contributed by atoms with Crippen molar-refractivity contribution >= 4 is 34.3 Å². The number of thiazole rings is 1. The number of imide groups is 1. The molecule has 1 fully saturated rings. The largest absolute Gasteiger partial charge is 0.325 e. The summed E-state index contributed by atoms with van der Waals surface area (Å²) < 4.78 is 13.2. The van der Waals surface area contributed by atoms with Crippen molar-refractivity contribution in [1.82, 2.24) is 15.2 Å². The first-order valence-electron chi connectivity index (χ1n) is 9.08. The van der Waals surface area contributed by atoms with Crippen LogP contribution in [0, 0.1) is 5.82 Å². The second-order valence-electron chi connectivity index (χ2n) is 6.90. The Morgan fingerprint density at radius 1 is 1.17 bits per heavy atom. The monoisotopic (exact) mass is 424 g/mol. The second kappa shape index (κ2) is 7.68. The Kier molecular flexibility index (Phi) is 5.04. The number of nitrogens with zero attached hydrogens (tertiary/aromatic N) is 2. The lowest BCUT2D eigenvalue weighted by molar-refractivity contribution is -0.133. The van der Waals surface area contributed by atoms with Crippen LogP contribution in [0.4, 0.5) is 14.3 Å². The lowest BCUT2D eigenvalue weighted by Crippen LogP contribution is -2.42. The minimum Gasteiger partial charge on any atom is -0.319 e. The fourth-order valence-electron chi connectivity index (χ4n) is 3.19. The number of hydrogen-bond acceptors (Lipinski definition) is 5. The first kappa shape index (κ1) is 19.7. The van der Waals surface area contributed by atoms with Crippen molar-refractivity contribution < 1.29 is 18.8 Å². The third-order valence-electron chi connectivity index (χ3n) is 4.81. The first-order valence-corrected chi connectivity index (χ1v) is 9.90. The number of benzene rings is 2. The molecule has 152 valence electrons. The third kappa shape index (κ3) is 3.67. The highest BCUT2D eigenvalue weighted by Crippen LogP contribution is 2.30. The van der Waals surface area contributed by atoms with Crippen molar-refractivity contribution in [3.05, 3.63) is 72.2 Å². The molecule has 1 unspecified atom stereocenters. The summed E-state index contributed by atoms with van der Waals surface area (Å²) in [7, 11) is 0. The molecule has 2 heterocycles. The van der Waals surface area contributed by atoms with E-state index < -0.39 is 35.7 Å². The number of nitrogens with one attached hydrogen (secondary N) is 2.